The number of aromatic nitrogens is 1. The van der Waals surface area contributed by atoms with Gasteiger partial charge in [0.25, 0.3) is 0 Å². The molecule has 0 atom stereocenters. The summed E-state index contributed by atoms with van der Waals surface area (Å²) in [6.45, 7) is 2.44. The maximum atomic E-state index is 8.93. The van der Waals surface area contributed by atoms with Gasteiger partial charge >= 0.3 is 0 Å². The van der Waals surface area contributed by atoms with Crippen LogP contribution < -0.4 is 4.74 Å². The molecule has 0 aliphatic heterocycles. The largest absolute Gasteiger partial charge is 0.492 e. The lowest BCUT2D eigenvalue weighted by atomic mass is 10.1. The molecule has 0 radical (unpaired) electrons. The van der Waals surface area contributed by atoms with Gasteiger partial charge in [-0.15, -0.1) is 0 Å². The van der Waals surface area contributed by atoms with Crippen molar-refractivity contribution in [3.8, 4) is 11.8 Å². The molecule has 0 saturated heterocycles. The van der Waals surface area contributed by atoms with Crippen LogP contribution in [0.2, 0.25) is 0 Å². The smallest absolute Gasteiger partial charge is 0.147 e. The molecule has 74 valence electrons. The number of ether oxygens (including phenoxy) is 1. The lowest BCUT2D eigenvalue weighted by Gasteiger charge is -2.08. The average molecular weight is 198 g/mol. The maximum Gasteiger partial charge on any atom is 0.147 e. The van der Waals surface area contributed by atoms with E-state index >= 15 is 0 Å². The van der Waals surface area contributed by atoms with Crippen molar-refractivity contribution in [3.63, 3.8) is 0 Å². The van der Waals surface area contributed by atoms with Crippen molar-refractivity contribution in [2.24, 2.45) is 0 Å². The monoisotopic (exact) mass is 198 g/mol. The molecule has 1 aromatic carbocycles. The zero-order valence-electron chi connectivity index (χ0n) is 8.40. The second kappa shape index (κ2) is 3.97. The summed E-state index contributed by atoms with van der Waals surface area (Å²) in [6, 6.07) is 9.72. The maximum absolute atomic E-state index is 8.93. The van der Waals surface area contributed by atoms with E-state index in [4.69, 9.17) is 10.00 Å². The second-order valence-electron chi connectivity index (χ2n) is 3.06. The van der Waals surface area contributed by atoms with Crippen molar-refractivity contribution in [2.45, 2.75) is 6.92 Å². The molecule has 0 fully saturated rings. The van der Waals surface area contributed by atoms with E-state index in [9.17, 15) is 0 Å². The highest BCUT2D eigenvalue weighted by molar-refractivity contribution is 5.86. The van der Waals surface area contributed by atoms with Crippen molar-refractivity contribution in [2.75, 3.05) is 6.61 Å². The number of nitriles is 1. The molecular weight excluding hydrogens is 188 g/mol. The first-order valence-electron chi connectivity index (χ1n) is 4.77. The molecule has 2 aromatic rings. The van der Waals surface area contributed by atoms with E-state index in [2.05, 4.69) is 11.1 Å². The summed E-state index contributed by atoms with van der Waals surface area (Å²) < 4.78 is 5.48. The summed E-state index contributed by atoms with van der Waals surface area (Å²) in [5.74, 6) is 0.630. The zero-order valence-corrected chi connectivity index (χ0v) is 8.40. The van der Waals surface area contributed by atoms with Gasteiger partial charge in [-0.3, -0.25) is 4.98 Å². The van der Waals surface area contributed by atoms with E-state index in [-0.39, 0.29) is 0 Å². The van der Waals surface area contributed by atoms with Gasteiger partial charge in [0.05, 0.1) is 12.1 Å². The van der Waals surface area contributed by atoms with Crippen LogP contribution in [0, 0.1) is 11.3 Å². The third-order valence-electron chi connectivity index (χ3n) is 2.14. The Morgan fingerprint density at radius 1 is 1.40 bits per heavy atom. The Kier molecular flexibility index (Phi) is 2.51. The van der Waals surface area contributed by atoms with Gasteiger partial charge in [-0.1, -0.05) is 12.1 Å². The zero-order chi connectivity index (χ0) is 10.7. The van der Waals surface area contributed by atoms with Gasteiger partial charge in [-0.05, 0) is 19.1 Å². The van der Waals surface area contributed by atoms with E-state index in [1.165, 1.54) is 0 Å². The van der Waals surface area contributed by atoms with Crippen LogP contribution in [0.15, 0.2) is 30.5 Å². The lowest BCUT2D eigenvalue weighted by Crippen LogP contribution is -1.96. The van der Waals surface area contributed by atoms with E-state index in [1.54, 1.807) is 6.20 Å². The first-order chi connectivity index (χ1) is 7.36. The van der Waals surface area contributed by atoms with Crippen molar-refractivity contribution < 1.29 is 4.74 Å². The highest BCUT2D eigenvalue weighted by Gasteiger charge is 2.08. The quantitative estimate of drug-likeness (QED) is 0.744. The first-order valence-corrected chi connectivity index (χ1v) is 4.77. The number of fused-ring (bicyclic) bond motifs is 1. The van der Waals surface area contributed by atoms with Crippen molar-refractivity contribution in [1.82, 2.24) is 4.98 Å². The second-order valence-corrected chi connectivity index (χ2v) is 3.06. The number of hydrogen-bond donors (Lipinski definition) is 0. The van der Waals surface area contributed by atoms with E-state index < -0.39 is 0 Å². The summed E-state index contributed by atoms with van der Waals surface area (Å²) >= 11 is 0. The fourth-order valence-electron chi connectivity index (χ4n) is 1.50. The molecule has 3 heteroatoms. The van der Waals surface area contributed by atoms with Crippen molar-refractivity contribution in [1.29, 1.82) is 5.26 Å². The predicted molar refractivity (Wildman–Crippen MR) is 57.6 cm³/mol. The van der Waals surface area contributed by atoms with Crippen molar-refractivity contribution >= 4 is 10.9 Å². The highest BCUT2D eigenvalue weighted by atomic mass is 16.5. The fourth-order valence-corrected chi connectivity index (χ4v) is 1.50. The predicted octanol–water partition coefficient (Wildman–Crippen LogP) is 2.51. The Morgan fingerprint density at radius 2 is 2.20 bits per heavy atom. The van der Waals surface area contributed by atoms with Crippen LogP contribution in [0.4, 0.5) is 0 Å². The summed E-state index contributed by atoms with van der Waals surface area (Å²) in [6.07, 6.45) is 1.55. The van der Waals surface area contributed by atoms with Crippen LogP contribution >= 0.6 is 0 Å². The molecular formula is C12H10N2O. The Labute approximate surface area is 87.9 Å². The Morgan fingerprint density at radius 3 is 2.93 bits per heavy atom. The van der Waals surface area contributed by atoms with Crippen LogP contribution in [0.3, 0.4) is 0 Å². The van der Waals surface area contributed by atoms with Gasteiger partial charge in [-0.2, -0.15) is 5.26 Å². The van der Waals surface area contributed by atoms with Gasteiger partial charge in [0.1, 0.15) is 17.4 Å². The average Bonchev–Trinajstić information content (AvgIpc) is 2.30. The number of para-hydroxylation sites is 1. The van der Waals surface area contributed by atoms with Crippen LogP contribution in [-0.2, 0) is 0 Å². The standard InChI is InChI=1S/C12H10N2O/c1-2-15-12-9(7-13)8-14-11-6-4-3-5-10(11)12/h3-6,8H,2H2,1H3. The van der Waals surface area contributed by atoms with E-state index in [0.717, 1.165) is 10.9 Å². The van der Waals surface area contributed by atoms with Gasteiger partial charge in [0.2, 0.25) is 0 Å². The summed E-state index contributed by atoms with van der Waals surface area (Å²) in [5, 5.41) is 9.82. The Balaban J connectivity index is 2.74. The van der Waals surface area contributed by atoms with Gasteiger partial charge in [0.15, 0.2) is 0 Å². The molecule has 1 aromatic heterocycles. The van der Waals surface area contributed by atoms with Gasteiger partial charge < -0.3 is 4.74 Å². The third kappa shape index (κ3) is 1.62. The molecule has 0 saturated carbocycles. The molecule has 0 amide bonds. The first kappa shape index (κ1) is 9.47. The molecule has 3 nitrogen and oxygen atoms in total. The fraction of sp³-hybridized carbons (Fsp3) is 0.167. The summed E-state index contributed by atoms with van der Waals surface area (Å²) in [7, 11) is 0. The molecule has 0 N–H and O–H groups in total. The number of pyridine rings is 1. The Bertz CT molecular complexity index is 529. The normalized spacial score (nSPS) is 9.87. The lowest BCUT2D eigenvalue weighted by molar-refractivity contribution is 0.343. The topological polar surface area (TPSA) is 45.9 Å². The molecule has 2 rings (SSSR count). The number of nitrogens with zero attached hydrogens (tertiary/aromatic N) is 2. The number of hydrogen-bond acceptors (Lipinski definition) is 3. The minimum atomic E-state index is 0.482. The van der Waals surface area contributed by atoms with Gasteiger partial charge in [0, 0.05) is 11.6 Å². The molecule has 0 aliphatic rings. The minimum Gasteiger partial charge on any atom is -0.492 e. The molecule has 0 spiro atoms. The molecule has 0 unspecified atom stereocenters. The van der Waals surface area contributed by atoms with Gasteiger partial charge in [-0.25, -0.2) is 0 Å². The molecule has 0 aliphatic carbocycles. The van der Waals surface area contributed by atoms with Crippen LogP contribution in [-0.4, -0.2) is 11.6 Å². The number of rotatable bonds is 2. The summed E-state index contributed by atoms with van der Waals surface area (Å²) in [5.41, 5.74) is 1.33. The van der Waals surface area contributed by atoms with E-state index in [1.807, 2.05) is 31.2 Å². The van der Waals surface area contributed by atoms with Crippen LogP contribution in [0.5, 0.6) is 5.75 Å². The molecule has 1 heterocycles. The summed E-state index contributed by atoms with van der Waals surface area (Å²) in [4.78, 5) is 4.19. The van der Waals surface area contributed by atoms with Crippen molar-refractivity contribution in [3.05, 3.63) is 36.0 Å². The number of benzene rings is 1. The van der Waals surface area contributed by atoms with Crippen LogP contribution in [0.25, 0.3) is 10.9 Å². The Hall–Kier alpha value is -2.08. The molecule has 15 heavy (non-hydrogen) atoms. The van der Waals surface area contributed by atoms with E-state index in [0.29, 0.717) is 17.9 Å². The SMILES string of the molecule is CCOc1c(C#N)cnc2ccccc12. The minimum absolute atomic E-state index is 0.482. The van der Waals surface area contributed by atoms with Crippen LogP contribution in [0.1, 0.15) is 12.5 Å². The molecule has 0 bridgehead atoms. The third-order valence-corrected chi connectivity index (χ3v) is 2.14. The highest BCUT2D eigenvalue weighted by Crippen LogP contribution is 2.27.